The lowest BCUT2D eigenvalue weighted by atomic mass is 9.96. The summed E-state index contributed by atoms with van der Waals surface area (Å²) < 4.78 is 0. The van der Waals surface area contributed by atoms with E-state index < -0.39 is 0 Å². The van der Waals surface area contributed by atoms with Crippen LogP contribution in [0, 0.1) is 0 Å². The van der Waals surface area contributed by atoms with Crippen molar-refractivity contribution in [3.05, 3.63) is 126 Å². The van der Waals surface area contributed by atoms with Gasteiger partial charge in [-0.05, 0) is 39.1 Å². The average molecular weight is 494 g/mol. The van der Waals surface area contributed by atoms with Gasteiger partial charge in [0.05, 0.1) is 0 Å². The highest BCUT2D eigenvalue weighted by Crippen LogP contribution is 2.36. The number of fused-ring (bicyclic) bond motifs is 4. The number of hydrogen-bond donors (Lipinski definition) is 0. The maximum absolute atomic E-state index is 6.54. The van der Waals surface area contributed by atoms with E-state index in [4.69, 9.17) is 26.6 Å². The fourth-order valence-corrected chi connectivity index (χ4v) is 5.28. The molecule has 0 aliphatic rings. The second kappa shape index (κ2) is 8.81. The van der Waals surface area contributed by atoms with Crippen LogP contribution in [0.25, 0.3) is 66.5 Å². The zero-order chi connectivity index (χ0) is 24.8. The molecule has 0 amide bonds. The van der Waals surface area contributed by atoms with Crippen LogP contribution < -0.4 is 0 Å². The van der Waals surface area contributed by atoms with E-state index in [9.17, 15) is 0 Å². The summed E-state index contributed by atoms with van der Waals surface area (Å²) in [5.74, 6) is 1.90. The minimum Gasteiger partial charge on any atom is -0.208 e. The molecule has 0 fully saturated rings. The number of hydrogen-bond acceptors (Lipinski definition) is 3. The molecule has 0 radical (unpaired) electrons. The maximum atomic E-state index is 6.54. The predicted octanol–water partition coefficient (Wildman–Crippen LogP) is 8.99. The predicted molar refractivity (Wildman–Crippen MR) is 154 cm³/mol. The Morgan fingerprint density at radius 3 is 1.81 bits per heavy atom. The Labute approximate surface area is 219 Å². The number of rotatable bonds is 3. The molecule has 37 heavy (non-hydrogen) atoms. The number of nitrogens with zero attached hydrogens (tertiary/aromatic N) is 3. The van der Waals surface area contributed by atoms with Crippen molar-refractivity contribution in [3.63, 3.8) is 0 Å². The fourth-order valence-electron chi connectivity index (χ4n) is 5.04. The van der Waals surface area contributed by atoms with Gasteiger partial charge in [0.2, 0.25) is 0 Å². The molecule has 0 saturated heterocycles. The smallest absolute Gasteiger partial charge is 0.164 e. The summed E-state index contributed by atoms with van der Waals surface area (Å²) in [7, 11) is 0. The minimum atomic E-state index is 0.619. The fraction of sp³-hybridized carbons (Fsp3) is 0. The van der Waals surface area contributed by atoms with Crippen LogP contribution in [0.4, 0.5) is 0 Å². The second-order valence-electron chi connectivity index (χ2n) is 9.00. The van der Waals surface area contributed by atoms with Gasteiger partial charge < -0.3 is 0 Å². The van der Waals surface area contributed by atoms with Gasteiger partial charge in [0.15, 0.2) is 17.5 Å². The Kier molecular flexibility index (Phi) is 5.16. The van der Waals surface area contributed by atoms with Crippen LogP contribution in [-0.2, 0) is 0 Å². The molecule has 7 aromatic rings. The third-order valence-corrected chi connectivity index (χ3v) is 7.12. The number of benzene rings is 6. The molecular weight excluding hydrogens is 474 g/mol. The van der Waals surface area contributed by atoms with Crippen molar-refractivity contribution in [2.75, 3.05) is 0 Å². The summed E-state index contributed by atoms with van der Waals surface area (Å²) in [6.07, 6.45) is 0. The molecule has 1 heterocycles. The van der Waals surface area contributed by atoms with E-state index in [2.05, 4.69) is 60.7 Å². The van der Waals surface area contributed by atoms with E-state index in [1.165, 1.54) is 10.8 Å². The molecule has 0 spiro atoms. The zero-order valence-corrected chi connectivity index (χ0v) is 20.5. The molecule has 0 bridgehead atoms. The maximum Gasteiger partial charge on any atom is 0.164 e. The number of aromatic nitrogens is 3. The Balaban J connectivity index is 1.56. The third-order valence-electron chi connectivity index (χ3n) is 6.79. The van der Waals surface area contributed by atoms with Crippen LogP contribution in [0.15, 0.2) is 121 Å². The molecule has 0 aliphatic carbocycles. The molecular formula is C33H20ClN3. The quantitative estimate of drug-likeness (QED) is 0.230. The summed E-state index contributed by atoms with van der Waals surface area (Å²) in [5, 5.41) is 7.33. The normalized spacial score (nSPS) is 11.4. The van der Waals surface area contributed by atoms with E-state index in [0.717, 1.165) is 38.2 Å². The van der Waals surface area contributed by atoms with Gasteiger partial charge in [-0.1, -0.05) is 121 Å². The van der Waals surface area contributed by atoms with E-state index in [-0.39, 0.29) is 0 Å². The topological polar surface area (TPSA) is 38.7 Å². The van der Waals surface area contributed by atoms with Gasteiger partial charge in [0.1, 0.15) is 0 Å². The van der Waals surface area contributed by atoms with Gasteiger partial charge in [-0.25, -0.2) is 15.0 Å². The zero-order valence-electron chi connectivity index (χ0n) is 19.8. The van der Waals surface area contributed by atoms with Crippen molar-refractivity contribution in [2.45, 2.75) is 0 Å². The van der Waals surface area contributed by atoms with Crippen LogP contribution in [0.1, 0.15) is 0 Å². The molecule has 1 aromatic heterocycles. The lowest BCUT2D eigenvalue weighted by Gasteiger charge is -2.13. The first-order valence-electron chi connectivity index (χ1n) is 12.2. The van der Waals surface area contributed by atoms with Crippen LogP contribution >= 0.6 is 11.6 Å². The summed E-state index contributed by atoms with van der Waals surface area (Å²) in [5.41, 5.74) is 2.84. The first-order valence-corrected chi connectivity index (χ1v) is 12.5. The van der Waals surface area contributed by atoms with Crippen molar-refractivity contribution in [2.24, 2.45) is 0 Å². The van der Waals surface area contributed by atoms with Crippen molar-refractivity contribution in [1.29, 1.82) is 0 Å². The van der Waals surface area contributed by atoms with E-state index in [1.54, 1.807) is 0 Å². The monoisotopic (exact) mass is 493 g/mol. The molecule has 0 N–H and O–H groups in total. The molecule has 4 heteroatoms. The SMILES string of the molecule is Clc1cccc2c(-c3nc(-c4ccccc4)nc(-c4cc5ccccc5c5ccccc45)n3)cccc12. The van der Waals surface area contributed by atoms with Crippen LogP contribution in [0.3, 0.4) is 0 Å². The van der Waals surface area contributed by atoms with Crippen LogP contribution in [-0.4, -0.2) is 15.0 Å². The van der Waals surface area contributed by atoms with E-state index >= 15 is 0 Å². The van der Waals surface area contributed by atoms with Gasteiger partial charge in [-0.2, -0.15) is 0 Å². The lowest BCUT2D eigenvalue weighted by molar-refractivity contribution is 1.08. The van der Waals surface area contributed by atoms with Gasteiger partial charge in [-0.15, -0.1) is 0 Å². The summed E-state index contributed by atoms with van der Waals surface area (Å²) >= 11 is 6.54. The molecule has 174 valence electrons. The Bertz CT molecular complexity index is 1950. The van der Waals surface area contributed by atoms with Gasteiger partial charge in [0.25, 0.3) is 0 Å². The Morgan fingerprint density at radius 1 is 0.405 bits per heavy atom. The minimum absolute atomic E-state index is 0.619. The number of halogens is 1. The van der Waals surface area contributed by atoms with Crippen LogP contribution in [0.2, 0.25) is 5.02 Å². The molecule has 0 aliphatic heterocycles. The van der Waals surface area contributed by atoms with Crippen molar-refractivity contribution in [1.82, 2.24) is 15.0 Å². The third kappa shape index (κ3) is 3.72. The van der Waals surface area contributed by atoms with Crippen molar-refractivity contribution in [3.8, 4) is 34.2 Å². The highest BCUT2D eigenvalue weighted by atomic mass is 35.5. The van der Waals surface area contributed by atoms with Crippen molar-refractivity contribution >= 4 is 43.9 Å². The highest BCUT2D eigenvalue weighted by Gasteiger charge is 2.17. The second-order valence-corrected chi connectivity index (χ2v) is 9.41. The first-order chi connectivity index (χ1) is 18.3. The summed E-state index contributed by atoms with van der Waals surface area (Å²) in [6, 6.07) is 41.1. The van der Waals surface area contributed by atoms with Gasteiger partial charge >= 0.3 is 0 Å². The van der Waals surface area contributed by atoms with E-state index in [0.29, 0.717) is 22.5 Å². The summed E-state index contributed by atoms with van der Waals surface area (Å²) in [4.78, 5) is 15.0. The molecule has 7 rings (SSSR count). The first kappa shape index (κ1) is 21.7. The molecule has 6 aromatic carbocycles. The standard InChI is InChI=1S/C33H20ClN3/c34-30-19-9-16-26-27(30)17-8-18-28(26)32-35-31(21-10-2-1-3-11-21)36-33(37-32)29-20-22-12-4-5-13-23(22)24-14-6-7-15-25(24)29/h1-20H. The lowest BCUT2D eigenvalue weighted by Crippen LogP contribution is -2.01. The van der Waals surface area contributed by atoms with Gasteiger partial charge in [-0.3, -0.25) is 0 Å². The van der Waals surface area contributed by atoms with E-state index in [1.807, 2.05) is 60.7 Å². The molecule has 0 atom stereocenters. The molecule has 0 unspecified atom stereocenters. The van der Waals surface area contributed by atoms with Gasteiger partial charge in [0, 0.05) is 27.1 Å². The molecule has 0 saturated carbocycles. The Hall–Kier alpha value is -4.60. The highest BCUT2D eigenvalue weighted by molar-refractivity contribution is 6.35. The van der Waals surface area contributed by atoms with Crippen LogP contribution in [0.5, 0.6) is 0 Å². The summed E-state index contributed by atoms with van der Waals surface area (Å²) in [6.45, 7) is 0. The largest absolute Gasteiger partial charge is 0.208 e. The van der Waals surface area contributed by atoms with Crippen molar-refractivity contribution < 1.29 is 0 Å². The average Bonchev–Trinajstić information content (AvgIpc) is 2.97. The Morgan fingerprint density at radius 2 is 0.973 bits per heavy atom. The molecule has 3 nitrogen and oxygen atoms in total.